The highest BCUT2D eigenvalue weighted by Crippen LogP contribution is 2.37. The molecular formula is C36H39N3O4. The first-order chi connectivity index (χ1) is 20.9. The molecule has 0 saturated heterocycles. The molecule has 4 aromatic rings. The SMILES string of the molecule is CCC(C)NC(=O)C(Cc1ccccc1)N(Cc1cccc(OC)c1)C(=O)CCCN1C(=O)c2cccc3cccc1c23. The molecule has 0 fully saturated rings. The summed E-state index contributed by atoms with van der Waals surface area (Å²) in [6.07, 6.45) is 1.84. The van der Waals surface area contributed by atoms with Crippen LogP contribution < -0.4 is 15.0 Å². The lowest BCUT2D eigenvalue weighted by atomic mass is 10.0. The zero-order chi connectivity index (χ0) is 30.3. The molecule has 1 heterocycles. The number of amides is 3. The second-order valence-electron chi connectivity index (χ2n) is 11.1. The van der Waals surface area contributed by atoms with E-state index >= 15 is 0 Å². The number of hydrogen-bond acceptors (Lipinski definition) is 4. The first-order valence-electron chi connectivity index (χ1n) is 15.0. The summed E-state index contributed by atoms with van der Waals surface area (Å²) in [5.41, 5.74) is 3.43. The van der Waals surface area contributed by atoms with Crippen molar-refractivity contribution in [3.63, 3.8) is 0 Å². The Morgan fingerprint density at radius 1 is 0.930 bits per heavy atom. The number of ether oxygens (including phenoxy) is 1. The van der Waals surface area contributed by atoms with Crippen molar-refractivity contribution in [2.75, 3.05) is 18.6 Å². The Bertz CT molecular complexity index is 1600. The topological polar surface area (TPSA) is 79.0 Å². The molecule has 7 heteroatoms. The second kappa shape index (κ2) is 13.6. The summed E-state index contributed by atoms with van der Waals surface area (Å²) in [7, 11) is 1.61. The van der Waals surface area contributed by atoms with Gasteiger partial charge in [-0.1, -0.05) is 73.7 Å². The average Bonchev–Trinajstić information content (AvgIpc) is 3.31. The number of carbonyl (C=O) groups excluding carboxylic acids is 3. The van der Waals surface area contributed by atoms with Gasteiger partial charge in [0.05, 0.1) is 12.8 Å². The quantitative estimate of drug-likeness (QED) is 0.207. The molecule has 1 N–H and O–H groups in total. The molecule has 222 valence electrons. The van der Waals surface area contributed by atoms with Crippen LogP contribution in [0, 0.1) is 0 Å². The number of methoxy groups -OCH3 is 1. The molecule has 2 atom stereocenters. The number of carbonyl (C=O) groups is 3. The lowest BCUT2D eigenvalue weighted by Gasteiger charge is -2.32. The number of benzene rings is 4. The predicted molar refractivity (Wildman–Crippen MR) is 170 cm³/mol. The van der Waals surface area contributed by atoms with Gasteiger partial charge in [0.1, 0.15) is 11.8 Å². The van der Waals surface area contributed by atoms with Gasteiger partial charge in [0.2, 0.25) is 11.8 Å². The molecule has 1 aliphatic rings. The van der Waals surface area contributed by atoms with Crippen LogP contribution in [0.3, 0.4) is 0 Å². The molecule has 0 aromatic heterocycles. The van der Waals surface area contributed by atoms with E-state index in [1.807, 2.05) is 105 Å². The Morgan fingerprint density at radius 2 is 1.65 bits per heavy atom. The highest BCUT2D eigenvalue weighted by molar-refractivity contribution is 6.25. The van der Waals surface area contributed by atoms with Crippen LogP contribution >= 0.6 is 0 Å². The molecule has 0 aliphatic carbocycles. The maximum absolute atomic E-state index is 14.1. The number of anilines is 1. The maximum atomic E-state index is 14.1. The minimum absolute atomic E-state index is 0.0231. The molecule has 2 unspecified atom stereocenters. The minimum Gasteiger partial charge on any atom is -0.497 e. The van der Waals surface area contributed by atoms with Gasteiger partial charge >= 0.3 is 0 Å². The standard InChI is InChI=1S/C36H39N3O4/c1-4-25(2)37-35(41)32(23-26-12-6-5-7-13-26)39(24-27-14-8-17-29(22-27)43-3)33(40)20-11-21-38-31-19-10-16-28-15-9-18-30(34(28)31)36(38)42/h5-10,12-19,22,25,32H,4,11,20-21,23-24H2,1-3H3,(H,37,41). The van der Waals surface area contributed by atoms with Crippen LogP contribution in [0.4, 0.5) is 5.69 Å². The zero-order valence-corrected chi connectivity index (χ0v) is 25.1. The van der Waals surface area contributed by atoms with Crippen molar-refractivity contribution < 1.29 is 19.1 Å². The Kier molecular flexibility index (Phi) is 9.40. The number of nitrogens with one attached hydrogen (secondary N) is 1. The van der Waals surface area contributed by atoms with Crippen LogP contribution in [0.5, 0.6) is 5.75 Å². The molecule has 0 radical (unpaired) electrons. The Morgan fingerprint density at radius 3 is 2.40 bits per heavy atom. The molecule has 43 heavy (non-hydrogen) atoms. The third-order valence-corrected chi connectivity index (χ3v) is 8.18. The fraction of sp³-hybridized carbons (Fsp3) is 0.306. The average molecular weight is 578 g/mol. The Balaban J connectivity index is 1.39. The van der Waals surface area contributed by atoms with Crippen LogP contribution in [0.25, 0.3) is 10.8 Å². The fourth-order valence-electron chi connectivity index (χ4n) is 5.70. The second-order valence-corrected chi connectivity index (χ2v) is 11.1. The highest BCUT2D eigenvalue weighted by atomic mass is 16.5. The number of rotatable bonds is 13. The van der Waals surface area contributed by atoms with E-state index in [1.165, 1.54) is 0 Å². The zero-order valence-electron chi connectivity index (χ0n) is 25.1. The van der Waals surface area contributed by atoms with Gasteiger partial charge in [0, 0.05) is 42.9 Å². The predicted octanol–water partition coefficient (Wildman–Crippen LogP) is 6.14. The van der Waals surface area contributed by atoms with E-state index in [0.29, 0.717) is 30.7 Å². The first-order valence-corrected chi connectivity index (χ1v) is 15.0. The smallest absolute Gasteiger partial charge is 0.258 e. The van der Waals surface area contributed by atoms with Crippen LogP contribution in [0.1, 0.15) is 54.6 Å². The third kappa shape index (κ3) is 6.72. The number of nitrogens with zero attached hydrogens (tertiary/aromatic N) is 2. The van der Waals surface area contributed by atoms with Gasteiger partial charge in [-0.05, 0) is 60.5 Å². The van der Waals surface area contributed by atoms with Gasteiger partial charge < -0.3 is 19.9 Å². The Labute approximate surface area is 253 Å². The molecule has 1 aliphatic heterocycles. The highest BCUT2D eigenvalue weighted by Gasteiger charge is 2.32. The molecule has 7 nitrogen and oxygen atoms in total. The summed E-state index contributed by atoms with van der Waals surface area (Å²) in [6.45, 7) is 4.66. The van der Waals surface area contributed by atoms with Crippen molar-refractivity contribution in [3.05, 3.63) is 108 Å². The third-order valence-electron chi connectivity index (χ3n) is 8.18. The van der Waals surface area contributed by atoms with E-state index in [1.54, 1.807) is 16.9 Å². The minimum atomic E-state index is -0.707. The monoisotopic (exact) mass is 577 g/mol. The van der Waals surface area contributed by atoms with E-state index in [0.717, 1.165) is 34.0 Å². The van der Waals surface area contributed by atoms with E-state index in [4.69, 9.17) is 4.74 Å². The molecular weight excluding hydrogens is 538 g/mol. The van der Waals surface area contributed by atoms with Crippen LogP contribution in [-0.2, 0) is 22.6 Å². The fourth-order valence-corrected chi connectivity index (χ4v) is 5.70. The Hall–Kier alpha value is -4.65. The molecule has 0 bridgehead atoms. The lowest BCUT2D eigenvalue weighted by Crippen LogP contribution is -2.52. The van der Waals surface area contributed by atoms with Gasteiger partial charge in [-0.2, -0.15) is 0 Å². The summed E-state index contributed by atoms with van der Waals surface area (Å²) in [4.78, 5) is 44.6. The van der Waals surface area contributed by atoms with Gasteiger partial charge in [-0.25, -0.2) is 0 Å². The maximum Gasteiger partial charge on any atom is 0.258 e. The van der Waals surface area contributed by atoms with Crippen molar-refractivity contribution >= 4 is 34.2 Å². The molecule has 0 saturated carbocycles. The lowest BCUT2D eigenvalue weighted by molar-refractivity contribution is -0.141. The number of hydrogen-bond donors (Lipinski definition) is 1. The largest absolute Gasteiger partial charge is 0.497 e. The van der Waals surface area contributed by atoms with Crippen molar-refractivity contribution in [3.8, 4) is 5.75 Å². The summed E-state index contributed by atoms with van der Waals surface area (Å²) in [5.74, 6) is 0.342. The van der Waals surface area contributed by atoms with Crippen LogP contribution in [-0.4, -0.2) is 48.4 Å². The van der Waals surface area contributed by atoms with Crippen molar-refractivity contribution in [1.29, 1.82) is 0 Å². The summed E-state index contributed by atoms with van der Waals surface area (Å²) >= 11 is 0. The normalized spacial score (nSPS) is 13.6. The van der Waals surface area contributed by atoms with E-state index in [9.17, 15) is 14.4 Å². The van der Waals surface area contributed by atoms with Gasteiger partial charge in [-0.15, -0.1) is 0 Å². The van der Waals surface area contributed by atoms with Crippen LogP contribution in [0.2, 0.25) is 0 Å². The molecule has 5 rings (SSSR count). The molecule has 3 amide bonds. The van der Waals surface area contributed by atoms with Crippen molar-refractivity contribution in [1.82, 2.24) is 10.2 Å². The van der Waals surface area contributed by atoms with Crippen molar-refractivity contribution in [2.24, 2.45) is 0 Å². The van der Waals surface area contributed by atoms with E-state index in [-0.39, 0.29) is 36.7 Å². The van der Waals surface area contributed by atoms with E-state index < -0.39 is 6.04 Å². The van der Waals surface area contributed by atoms with Crippen LogP contribution in [0.15, 0.2) is 91.0 Å². The first kappa shape index (κ1) is 29.8. The van der Waals surface area contributed by atoms with E-state index in [2.05, 4.69) is 5.32 Å². The molecule has 0 spiro atoms. The van der Waals surface area contributed by atoms with Gasteiger partial charge in [0.25, 0.3) is 5.91 Å². The summed E-state index contributed by atoms with van der Waals surface area (Å²) in [5, 5.41) is 5.10. The van der Waals surface area contributed by atoms with Gasteiger partial charge in [0.15, 0.2) is 0 Å². The van der Waals surface area contributed by atoms with Crippen molar-refractivity contribution in [2.45, 2.75) is 58.2 Å². The summed E-state index contributed by atoms with van der Waals surface area (Å²) < 4.78 is 5.43. The summed E-state index contributed by atoms with van der Waals surface area (Å²) in [6, 6.07) is 28.3. The van der Waals surface area contributed by atoms with Gasteiger partial charge in [-0.3, -0.25) is 14.4 Å². The molecule has 4 aromatic carbocycles.